The molecule has 2 atom stereocenters. The van der Waals surface area contributed by atoms with Gasteiger partial charge in [-0.3, -0.25) is 4.79 Å². The van der Waals surface area contributed by atoms with E-state index in [0.717, 1.165) is 19.4 Å². The van der Waals surface area contributed by atoms with Gasteiger partial charge < -0.3 is 10.6 Å². The molecule has 1 amide bonds. The number of hydrogen-bond donors (Lipinski definition) is 2. The zero-order chi connectivity index (χ0) is 15.5. The molecular formula is C15H22N2O3S. The second kappa shape index (κ2) is 6.58. The summed E-state index contributed by atoms with van der Waals surface area (Å²) in [5.41, 5.74) is 0.365. The third kappa shape index (κ3) is 3.63. The van der Waals surface area contributed by atoms with Crippen molar-refractivity contribution in [3.63, 3.8) is 0 Å². The highest BCUT2D eigenvalue weighted by atomic mass is 32.2. The lowest BCUT2D eigenvalue weighted by Gasteiger charge is -2.29. The summed E-state index contributed by atoms with van der Waals surface area (Å²) in [4.78, 5) is 12.6. The Labute approximate surface area is 126 Å². The van der Waals surface area contributed by atoms with Crippen LogP contribution in [0, 0.1) is 5.92 Å². The molecule has 0 spiro atoms. The van der Waals surface area contributed by atoms with Crippen molar-refractivity contribution < 1.29 is 13.2 Å². The molecule has 5 nitrogen and oxygen atoms in total. The van der Waals surface area contributed by atoms with Crippen molar-refractivity contribution in [1.29, 1.82) is 0 Å². The van der Waals surface area contributed by atoms with E-state index >= 15 is 0 Å². The van der Waals surface area contributed by atoms with Gasteiger partial charge in [0.1, 0.15) is 0 Å². The summed E-state index contributed by atoms with van der Waals surface area (Å²) >= 11 is 0. The lowest BCUT2D eigenvalue weighted by molar-refractivity contribution is -0.119. The summed E-state index contributed by atoms with van der Waals surface area (Å²) in [5, 5.41) is 5.97. The molecule has 0 saturated carbocycles. The fraction of sp³-hybridized carbons (Fsp3) is 0.533. The highest BCUT2D eigenvalue weighted by Crippen LogP contribution is 2.23. The van der Waals surface area contributed by atoms with Gasteiger partial charge in [-0.1, -0.05) is 26.0 Å². The SMILES string of the molecule is CCS(=O)(=O)c1ccccc1NC(=O)C1NCCCC1C. The maximum atomic E-state index is 12.4. The monoisotopic (exact) mass is 310 g/mol. The van der Waals surface area contributed by atoms with Crippen molar-refractivity contribution >= 4 is 21.4 Å². The van der Waals surface area contributed by atoms with Crippen molar-refractivity contribution in [2.24, 2.45) is 5.92 Å². The average molecular weight is 310 g/mol. The van der Waals surface area contributed by atoms with Gasteiger partial charge in [-0.25, -0.2) is 8.42 Å². The van der Waals surface area contributed by atoms with Crippen molar-refractivity contribution in [2.75, 3.05) is 17.6 Å². The van der Waals surface area contributed by atoms with Crippen LogP contribution in [0.3, 0.4) is 0 Å². The number of benzene rings is 1. The molecule has 2 N–H and O–H groups in total. The molecule has 6 heteroatoms. The Balaban J connectivity index is 2.22. The molecule has 116 valence electrons. The Morgan fingerprint density at radius 2 is 2.10 bits per heavy atom. The fourth-order valence-electron chi connectivity index (χ4n) is 2.61. The maximum Gasteiger partial charge on any atom is 0.241 e. The van der Waals surface area contributed by atoms with Gasteiger partial charge in [-0.2, -0.15) is 0 Å². The van der Waals surface area contributed by atoms with E-state index in [0.29, 0.717) is 5.69 Å². The molecule has 0 aliphatic carbocycles. The molecule has 1 aromatic carbocycles. The van der Waals surface area contributed by atoms with Crippen LogP contribution < -0.4 is 10.6 Å². The molecular weight excluding hydrogens is 288 g/mol. The van der Waals surface area contributed by atoms with Crippen molar-refractivity contribution in [1.82, 2.24) is 5.32 Å². The Morgan fingerprint density at radius 1 is 1.38 bits per heavy atom. The number of hydrogen-bond acceptors (Lipinski definition) is 4. The summed E-state index contributed by atoms with van der Waals surface area (Å²) in [6.07, 6.45) is 2.06. The van der Waals surface area contributed by atoms with Gasteiger partial charge >= 0.3 is 0 Å². The summed E-state index contributed by atoms with van der Waals surface area (Å²) in [7, 11) is -3.35. The van der Waals surface area contributed by atoms with Crippen LogP contribution in [0.25, 0.3) is 0 Å². The van der Waals surface area contributed by atoms with E-state index in [4.69, 9.17) is 0 Å². The molecule has 2 rings (SSSR count). The number of carbonyl (C=O) groups excluding carboxylic acids is 1. The predicted molar refractivity (Wildman–Crippen MR) is 83.0 cm³/mol. The number of rotatable bonds is 4. The number of para-hydroxylation sites is 1. The van der Waals surface area contributed by atoms with Gasteiger partial charge in [0.25, 0.3) is 0 Å². The molecule has 0 radical (unpaired) electrons. The zero-order valence-corrected chi connectivity index (χ0v) is 13.2. The van der Waals surface area contributed by atoms with Gasteiger partial charge in [0.05, 0.1) is 22.4 Å². The number of carbonyl (C=O) groups is 1. The van der Waals surface area contributed by atoms with Crippen LogP contribution in [-0.2, 0) is 14.6 Å². The summed E-state index contributed by atoms with van der Waals surface area (Å²) in [6, 6.07) is 6.29. The molecule has 0 bridgehead atoms. The Morgan fingerprint density at radius 3 is 2.76 bits per heavy atom. The summed E-state index contributed by atoms with van der Waals surface area (Å²) in [6.45, 7) is 4.45. The Kier molecular flexibility index (Phi) is 5.00. The number of amides is 1. The second-order valence-corrected chi connectivity index (χ2v) is 7.69. The highest BCUT2D eigenvalue weighted by Gasteiger charge is 2.28. The van der Waals surface area contributed by atoms with Crippen LogP contribution in [-0.4, -0.2) is 32.7 Å². The van der Waals surface area contributed by atoms with Crippen LogP contribution in [0.4, 0.5) is 5.69 Å². The van der Waals surface area contributed by atoms with Gasteiger partial charge in [0.15, 0.2) is 9.84 Å². The maximum absolute atomic E-state index is 12.4. The van der Waals surface area contributed by atoms with Crippen LogP contribution in [0.1, 0.15) is 26.7 Å². The first-order valence-corrected chi connectivity index (χ1v) is 8.97. The number of piperidine rings is 1. The third-order valence-electron chi connectivity index (χ3n) is 3.91. The first-order valence-electron chi connectivity index (χ1n) is 7.31. The molecule has 1 fully saturated rings. The minimum atomic E-state index is -3.35. The molecule has 1 saturated heterocycles. The minimum absolute atomic E-state index is 0.0119. The van der Waals surface area contributed by atoms with Crippen molar-refractivity contribution in [3.8, 4) is 0 Å². The standard InChI is InChI=1S/C15H22N2O3S/c1-3-21(19,20)13-9-5-4-8-12(13)17-15(18)14-11(2)7-6-10-16-14/h4-5,8-9,11,14,16H,3,6-7,10H2,1-2H3,(H,17,18). The third-order valence-corrected chi connectivity index (χ3v) is 5.70. The van der Waals surface area contributed by atoms with Crippen LogP contribution in [0.2, 0.25) is 0 Å². The molecule has 1 heterocycles. The van der Waals surface area contributed by atoms with Gasteiger partial charge in [-0.15, -0.1) is 0 Å². The molecule has 0 aromatic heterocycles. The van der Waals surface area contributed by atoms with E-state index in [1.807, 2.05) is 6.92 Å². The first kappa shape index (κ1) is 16.0. The Bertz CT molecular complexity index is 613. The normalized spacial score (nSPS) is 22.8. The quantitative estimate of drug-likeness (QED) is 0.889. The van der Waals surface area contributed by atoms with E-state index in [1.54, 1.807) is 25.1 Å². The summed E-state index contributed by atoms with van der Waals surface area (Å²) < 4.78 is 24.2. The van der Waals surface area contributed by atoms with Crippen molar-refractivity contribution in [2.45, 2.75) is 37.6 Å². The van der Waals surface area contributed by atoms with Crippen LogP contribution in [0.15, 0.2) is 29.2 Å². The molecule has 21 heavy (non-hydrogen) atoms. The van der Waals surface area contributed by atoms with Crippen molar-refractivity contribution in [3.05, 3.63) is 24.3 Å². The van der Waals surface area contributed by atoms with E-state index in [2.05, 4.69) is 10.6 Å². The van der Waals surface area contributed by atoms with E-state index in [9.17, 15) is 13.2 Å². The smallest absolute Gasteiger partial charge is 0.241 e. The number of nitrogens with one attached hydrogen (secondary N) is 2. The first-order chi connectivity index (χ1) is 9.95. The van der Waals surface area contributed by atoms with Gasteiger partial charge in [-0.05, 0) is 37.4 Å². The van der Waals surface area contributed by atoms with Gasteiger partial charge in [0.2, 0.25) is 5.91 Å². The lowest BCUT2D eigenvalue weighted by atomic mass is 9.92. The second-order valence-electron chi connectivity index (χ2n) is 5.44. The van der Waals surface area contributed by atoms with Crippen LogP contribution >= 0.6 is 0 Å². The Hall–Kier alpha value is -1.40. The largest absolute Gasteiger partial charge is 0.324 e. The average Bonchev–Trinajstić information content (AvgIpc) is 2.48. The molecule has 2 unspecified atom stereocenters. The van der Waals surface area contributed by atoms with E-state index in [-0.39, 0.29) is 28.5 Å². The number of sulfone groups is 1. The highest BCUT2D eigenvalue weighted by molar-refractivity contribution is 7.91. The molecule has 1 aliphatic heterocycles. The zero-order valence-electron chi connectivity index (χ0n) is 12.4. The summed E-state index contributed by atoms with van der Waals surface area (Å²) in [5.74, 6) is 0.0902. The lowest BCUT2D eigenvalue weighted by Crippen LogP contribution is -2.48. The minimum Gasteiger partial charge on any atom is -0.324 e. The topological polar surface area (TPSA) is 75.3 Å². The fourth-order valence-corrected chi connectivity index (χ4v) is 3.66. The predicted octanol–water partition coefficient (Wildman–Crippen LogP) is 1.81. The molecule has 1 aliphatic rings. The van der Waals surface area contributed by atoms with Gasteiger partial charge in [0, 0.05) is 0 Å². The van der Waals surface area contributed by atoms with E-state index in [1.165, 1.54) is 6.07 Å². The number of anilines is 1. The van der Waals surface area contributed by atoms with Crippen LogP contribution in [0.5, 0.6) is 0 Å². The van der Waals surface area contributed by atoms with E-state index < -0.39 is 9.84 Å². The molecule has 1 aromatic rings.